The third-order valence-corrected chi connectivity index (χ3v) is 0. The van der Waals surface area contributed by atoms with Crippen molar-refractivity contribution in [2.45, 2.75) is 21.3 Å². The van der Waals surface area contributed by atoms with E-state index < -0.39 is 0 Å². The predicted molar refractivity (Wildman–Crippen MR) is 22.4 cm³/mol. The smallest absolute Gasteiger partial charge is 0.0768 e. The molecule has 0 aromatic heterocycles. The Labute approximate surface area is 28.8 Å². The average Bonchev–Trinajstić information content (AvgIpc) is 0.918. The van der Waals surface area contributed by atoms with E-state index in [1.807, 2.05) is 20.3 Å². The van der Waals surface area contributed by atoms with E-state index in [1.54, 1.807) is 0 Å². The molecule has 0 bridgehead atoms. The fraction of sp³-hybridized carbons (Fsp3) is 0.750. The lowest BCUT2D eigenvalue weighted by Gasteiger charge is -1.34. The van der Waals surface area contributed by atoms with Crippen molar-refractivity contribution in [2.24, 2.45) is 0 Å². The van der Waals surface area contributed by atoms with Gasteiger partial charge in [-0.1, -0.05) is 7.43 Å². The monoisotopic (exact) mass is 59.1 g/mol. The van der Waals surface area contributed by atoms with E-state index in [2.05, 4.69) is 0 Å². The molecule has 4 heavy (non-hydrogen) atoms. The van der Waals surface area contributed by atoms with Crippen molar-refractivity contribution in [3.8, 4) is 0 Å². The second kappa shape index (κ2) is 13.3. The van der Waals surface area contributed by atoms with E-state index in [9.17, 15) is 0 Å². The van der Waals surface area contributed by atoms with Crippen LogP contribution in [0.2, 0.25) is 0 Å². The quantitative estimate of drug-likeness (QED) is 0.374. The summed E-state index contributed by atoms with van der Waals surface area (Å²) in [6.45, 7) is 4.00. The zero-order valence-electron chi connectivity index (χ0n) is 2.58. The van der Waals surface area contributed by atoms with E-state index >= 15 is 0 Å². The summed E-state index contributed by atoms with van der Waals surface area (Å²) < 4.78 is 0. The third kappa shape index (κ3) is 83.8. The summed E-state index contributed by atoms with van der Waals surface area (Å²) in [5.41, 5.74) is 0. The second-order valence-electron chi connectivity index (χ2n) is 0.577. The molecule has 0 aromatic rings. The number of hydrogen-bond acceptors (Lipinski definition) is 0. The Morgan fingerprint density at radius 3 is 1.25 bits per heavy atom. The Bertz CT molecular complexity index is 0. The van der Waals surface area contributed by atoms with Crippen molar-refractivity contribution in [1.82, 2.24) is 0 Å². The van der Waals surface area contributed by atoms with Gasteiger partial charge in [0.2, 0.25) is 0 Å². The lowest BCUT2D eigenvalue weighted by Crippen LogP contribution is -1.30. The topological polar surface area (TPSA) is 0 Å². The van der Waals surface area contributed by atoms with E-state index in [1.165, 1.54) is 0 Å². The molecule has 0 atom stereocenters. The van der Waals surface area contributed by atoms with Gasteiger partial charge in [-0.2, -0.15) is 0 Å². The lowest BCUT2D eigenvalue weighted by atomic mass is 10.6. The average molecular weight is 59.1 g/mol. The molecule has 0 radical (unpaired) electrons. The molecule has 0 heteroatoms. The van der Waals surface area contributed by atoms with Crippen LogP contribution in [0.25, 0.3) is 0 Å². The van der Waals surface area contributed by atoms with Crippen molar-refractivity contribution >= 4 is 0 Å². The Hall–Kier alpha value is -0.130. The standard InChI is InChI=1S/C3H7.CH4/c1-3-2;/h3H,1-2H3;1H4/q+1;. The molecule has 26 valence electrons. The van der Waals surface area contributed by atoms with E-state index in [0.29, 0.717) is 0 Å². The van der Waals surface area contributed by atoms with Crippen LogP contribution in [0.4, 0.5) is 0 Å². The van der Waals surface area contributed by atoms with Gasteiger partial charge in [-0.3, -0.25) is 0 Å². The van der Waals surface area contributed by atoms with Crippen LogP contribution < -0.4 is 0 Å². The zero-order valence-corrected chi connectivity index (χ0v) is 2.58. The Morgan fingerprint density at radius 2 is 1.25 bits per heavy atom. The molecule has 0 aliphatic rings. The Kier molecular flexibility index (Phi) is 30.2. The molecule has 0 rings (SSSR count). The molecule has 0 aromatic carbocycles. The molecule has 0 nitrogen and oxygen atoms in total. The normalized spacial score (nSPS) is 3.50. The Balaban J connectivity index is 0. The van der Waals surface area contributed by atoms with Gasteiger partial charge in [-0.05, 0) is 0 Å². The summed E-state index contributed by atoms with van der Waals surface area (Å²) in [6, 6.07) is 0. The van der Waals surface area contributed by atoms with Crippen LogP contribution in [-0.4, -0.2) is 0 Å². The molecule has 0 saturated carbocycles. The fourth-order valence-electron chi connectivity index (χ4n) is 0. The first-order valence-electron chi connectivity index (χ1n) is 1.15. The fourth-order valence-corrected chi connectivity index (χ4v) is 0. The Morgan fingerprint density at radius 1 is 1.25 bits per heavy atom. The van der Waals surface area contributed by atoms with Crippen molar-refractivity contribution in [3.63, 3.8) is 0 Å². The molecular formula is C4H11+. The first-order valence-corrected chi connectivity index (χ1v) is 1.15. The molecule has 0 heterocycles. The van der Waals surface area contributed by atoms with Crippen molar-refractivity contribution in [1.29, 1.82) is 0 Å². The molecule has 0 unspecified atom stereocenters. The van der Waals surface area contributed by atoms with Crippen LogP contribution >= 0.6 is 0 Å². The highest BCUT2D eigenvalue weighted by Crippen LogP contribution is 1.53. The van der Waals surface area contributed by atoms with Crippen LogP contribution in [-0.2, 0) is 0 Å². The van der Waals surface area contributed by atoms with E-state index in [-0.39, 0.29) is 7.43 Å². The minimum absolute atomic E-state index is 0. The lowest BCUT2D eigenvalue weighted by molar-refractivity contribution is 1.41. The van der Waals surface area contributed by atoms with E-state index in [0.717, 1.165) is 0 Å². The maximum absolute atomic E-state index is 2.00. The van der Waals surface area contributed by atoms with Crippen molar-refractivity contribution in [3.05, 3.63) is 6.42 Å². The summed E-state index contributed by atoms with van der Waals surface area (Å²) in [4.78, 5) is 0. The first-order chi connectivity index (χ1) is 1.41. The highest BCUT2D eigenvalue weighted by atomic mass is 13.4. The molecule has 0 aliphatic carbocycles. The molecule has 0 saturated heterocycles. The van der Waals surface area contributed by atoms with Gasteiger partial charge in [0.15, 0.2) is 0 Å². The van der Waals surface area contributed by atoms with Crippen LogP contribution in [0.15, 0.2) is 0 Å². The summed E-state index contributed by atoms with van der Waals surface area (Å²) in [5.74, 6) is 0. The predicted octanol–water partition coefficient (Wildman–Crippen LogP) is 1.87. The molecule has 0 N–H and O–H groups in total. The summed E-state index contributed by atoms with van der Waals surface area (Å²) >= 11 is 0. The highest BCUT2D eigenvalue weighted by Gasteiger charge is 1.49. The summed E-state index contributed by atoms with van der Waals surface area (Å²) in [5, 5.41) is 0. The maximum Gasteiger partial charge on any atom is 0.0768 e. The van der Waals surface area contributed by atoms with E-state index in [4.69, 9.17) is 0 Å². The van der Waals surface area contributed by atoms with Gasteiger partial charge < -0.3 is 0 Å². The summed E-state index contributed by atoms with van der Waals surface area (Å²) in [6.07, 6.45) is 2.00. The van der Waals surface area contributed by atoms with Gasteiger partial charge in [0, 0.05) is 0 Å². The van der Waals surface area contributed by atoms with Gasteiger partial charge in [0.1, 0.15) is 0 Å². The third-order valence-electron chi connectivity index (χ3n) is 0. The number of rotatable bonds is 0. The maximum atomic E-state index is 2.00. The molecule has 0 fully saturated rings. The van der Waals surface area contributed by atoms with Crippen LogP contribution in [0.3, 0.4) is 0 Å². The van der Waals surface area contributed by atoms with Gasteiger partial charge in [-0.15, -0.1) is 0 Å². The molecular weight excluding hydrogens is 48.0 g/mol. The van der Waals surface area contributed by atoms with Gasteiger partial charge >= 0.3 is 0 Å². The minimum atomic E-state index is 0. The van der Waals surface area contributed by atoms with Crippen LogP contribution in [0, 0.1) is 6.42 Å². The van der Waals surface area contributed by atoms with Crippen molar-refractivity contribution < 1.29 is 0 Å². The minimum Gasteiger partial charge on any atom is -0.0776 e. The molecule has 0 amide bonds. The SMILES string of the molecule is C.C[CH+]C. The van der Waals surface area contributed by atoms with Gasteiger partial charge in [0.25, 0.3) is 0 Å². The number of hydrogen-bond donors (Lipinski definition) is 0. The summed E-state index contributed by atoms with van der Waals surface area (Å²) in [7, 11) is 0. The van der Waals surface area contributed by atoms with Crippen LogP contribution in [0.5, 0.6) is 0 Å². The van der Waals surface area contributed by atoms with Crippen LogP contribution in [0.1, 0.15) is 21.3 Å². The first kappa shape index (κ1) is 9.12. The molecule has 0 aliphatic heterocycles. The van der Waals surface area contributed by atoms with Gasteiger partial charge in [-0.25, -0.2) is 0 Å². The van der Waals surface area contributed by atoms with Gasteiger partial charge in [0.05, 0.1) is 20.3 Å². The van der Waals surface area contributed by atoms with Crippen molar-refractivity contribution in [2.75, 3.05) is 0 Å². The second-order valence-corrected chi connectivity index (χ2v) is 0.577. The zero-order chi connectivity index (χ0) is 2.71. The highest BCUT2D eigenvalue weighted by molar-refractivity contribution is 4.34. The largest absolute Gasteiger partial charge is 0.0776 e. The molecule has 0 spiro atoms.